The molecule has 0 N–H and O–H groups in total. The van der Waals surface area contributed by atoms with Crippen LogP contribution in [0.1, 0.15) is 12.5 Å². The molecule has 1 rings (SSSR count). The fraction of sp³-hybridized carbons (Fsp3) is 0.308. The van der Waals surface area contributed by atoms with Crippen molar-refractivity contribution >= 4 is 12.0 Å². The quantitative estimate of drug-likeness (QED) is 0.448. The molecular weight excluding hydrogens is 232 g/mol. The number of methoxy groups -OCH3 is 1. The highest BCUT2D eigenvalue weighted by Gasteiger charge is 2.14. The second-order valence-electron chi connectivity index (χ2n) is 3.62. The van der Waals surface area contributed by atoms with Crippen molar-refractivity contribution in [2.75, 3.05) is 13.7 Å². The Morgan fingerprint density at radius 1 is 1.56 bits per heavy atom. The number of esters is 1. The molecule has 0 aromatic carbocycles. The summed E-state index contributed by atoms with van der Waals surface area (Å²) >= 11 is 0. The highest BCUT2D eigenvalue weighted by molar-refractivity contribution is 5.97. The molecule has 1 aromatic heterocycles. The molecule has 0 bridgehead atoms. The Labute approximate surface area is 106 Å². The summed E-state index contributed by atoms with van der Waals surface area (Å²) in [5, 5.41) is 8.93. The molecule has 1 heterocycles. The lowest BCUT2D eigenvalue weighted by Gasteiger charge is -2.11. The SMILES string of the molecule is COC[C@H](C)OC(=O)/C(C#N)=C/c1ccncc1. The van der Waals surface area contributed by atoms with Crippen molar-refractivity contribution in [3.05, 3.63) is 35.7 Å². The van der Waals surface area contributed by atoms with Crippen LogP contribution in [-0.2, 0) is 14.3 Å². The minimum absolute atomic E-state index is 0.0517. The van der Waals surface area contributed by atoms with Crippen molar-refractivity contribution < 1.29 is 14.3 Å². The zero-order valence-corrected chi connectivity index (χ0v) is 10.3. The number of carbonyl (C=O) groups excluding carboxylic acids is 1. The van der Waals surface area contributed by atoms with E-state index < -0.39 is 12.1 Å². The summed E-state index contributed by atoms with van der Waals surface area (Å²) in [6, 6.07) is 5.22. The molecule has 0 aliphatic carbocycles. The maximum absolute atomic E-state index is 11.7. The zero-order valence-electron chi connectivity index (χ0n) is 10.3. The van der Waals surface area contributed by atoms with Gasteiger partial charge in [-0.15, -0.1) is 0 Å². The second-order valence-corrected chi connectivity index (χ2v) is 3.62. The molecule has 18 heavy (non-hydrogen) atoms. The Balaban J connectivity index is 2.76. The number of nitriles is 1. The smallest absolute Gasteiger partial charge is 0.349 e. The first-order valence-electron chi connectivity index (χ1n) is 5.39. The first kappa shape index (κ1) is 13.9. The molecule has 0 aliphatic rings. The predicted octanol–water partition coefficient (Wildman–Crippen LogP) is 1.57. The highest BCUT2D eigenvalue weighted by atomic mass is 16.6. The van der Waals surface area contributed by atoms with Gasteiger partial charge >= 0.3 is 5.97 Å². The molecule has 0 fully saturated rings. The summed E-state index contributed by atoms with van der Waals surface area (Å²) < 4.78 is 9.89. The maximum Gasteiger partial charge on any atom is 0.349 e. The van der Waals surface area contributed by atoms with Crippen molar-refractivity contribution in [1.29, 1.82) is 5.26 Å². The van der Waals surface area contributed by atoms with Crippen molar-refractivity contribution in [3.63, 3.8) is 0 Å². The van der Waals surface area contributed by atoms with Crippen LogP contribution < -0.4 is 0 Å². The Morgan fingerprint density at radius 2 is 2.22 bits per heavy atom. The number of hydrogen-bond donors (Lipinski definition) is 0. The van der Waals surface area contributed by atoms with Gasteiger partial charge in [-0.25, -0.2) is 4.79 Å². The van der Waals surface area contributed by atoms with E-state index in [0.29, 0.717) is 6.61 Å². The molecule has 0 aliphatic heterocycles. The molecule has 0 spiro atoms. The third kappa shape index (κ3) is 4.36. The minimum atomic E-state index is -0.654. The van der Waals surface area contributed by atoms with Gasteiger partial charge in [-0.3, -0.25) is 4.98 Å². The molecule has 0 saturated heterocycles. The van der Waals surface area contributed by atoms with E-state index in [2.05, 4.69) is 4.98 Å². The molecule has 5 nitrogen and oxygen atoms in total. The van der Waals surface area contributed by atoms with Crippen molar-refractivity contribution in [1.82, 2.24) is 4.98 Å². The van der Waals surface area contributed by atoms with Crippen LogP contribution in [0.2, 0.25) is 0 Å². The molecule has 0 amide bonds. The summed E-state index contributed by atoms with van der Waals surface area (Å²) in [4.78, 5) is 15.5. The normalized spacial score (nSPS) is 12.6. The van der Waals surface area contributed by atoms with E-state index in [1.54, 1.807) is 31.5 Å². The summed E-state index contributed by atoms with van der Waals surface area (Å²) in [7, 11) is 1.52. The lowest BCUT2D eigenvalue weighted by Crippen LogP contribution is -2.20. The number of hydrogen-bond acceptors (Lipinski definition) is 5. The maximum atomic E-state index is 11.7. The highest BCUT2D eigenvalue weighted by Crippen LogP contribution is 2.08. The Hall–Kier alpha value is -2.19. The van der Waals surface area contributed by atoms with Crippen LogP contribution in [0.15, 0.2) is 30.1 Å². The largest absolute Gasteiger partial charge is 0.456 e. The van der Waals surface area contributed by atoms with Crippen LogP contribution >= 0.6 is 0 Å². The molecule has 1 aromatic rings. The fourth-order valence-corrected chi connectivity index (χ4v) is 1.28. The van der Waals surface area contributed by atoms with Crippen molar-refractivity contribution in [2.24, 2.45) is 0 Å². The standard InChI is InChI=1S/C13H14N2O3/c1-10(9-17-2)18-13(16)12(8-14)7-11-3-5-15-6-4-11/h3-7,10H,9H2,1-2H3/b12-7+/t10-/m0/s1. The molecule has 94 valence electrons. The van der Waals surface area contributed by atoms with E-state index in [1.165, 1.54) is 13.2 Å². The fourth-order valence-electron chi connectivity index (χ4n) is 1.28. The average molecular weight is 246 g/mol. The number of carbonyl (C=O) groups is 1. The monoisotopic (exact) mass is 246 g/mol. The first-order chi connectivity index (χ1) is 8.67. The van der Waals surface area contributed by atoms with Crippen molar-refractivity contribution in [2.45, 2.75) is 13.0 Å². The van der Waals surface area contributed by atoms with E-state index in [4.69, 9.17) is 14.7 Å². The lowest BCUT2D eigenvalue weighted by molar-refractivity contribution is -0.145. The molecule has 0 saturated carbocycles. The van der Waals surface area contributed by atoms with E-state index in [0.717, 1.165) is 5.56 Å². The van der Waals surface area contributed by atoms with Gasteiger partial charge in [-0.1, -0.05) is 0 Å². The van der Waals surface area contributed by atoms with Crippen LogP contribution in [0.4, 0.5) is 0 Å². The van der Waals surface area contributed by atoms with E-state index in [1.807, 2.05) is 6.07 Å². The van der Waals surface area contributed by atoms with Gasteiger partial charge in [0.15, 0.2) is 0 Å². The average Bonchev–Trinajstić information content (AvgIpc) is 2.37. The number of pyridine rings is 1. The third-order valence-electron chi connectivity index (χ3n) is 2.07. The lowest BCUT2D eigenvalue weighted by atomic mass is 10.2. The van der Waals surface area contributed by atoms with Gasteiger partial charge in [0.05, 0.1) is 6.61 Å². The summed E-state index contributed by atoms with van der Waals surface area (Å²) in [5.74, 6) is -0.654. The van der Waals surface area contributed by atoms with Gasteiger partial charge in [0, 0.05) is 19.5 Å². The van der Waals surface area contributed by atoms with E-state index >= 15 is 0 Å². The molecule has 1 atom stereocenters. The molecule has 5 heteroatoms. The summed E-state index contributed by atoms with van der Waals surface area (Å²) in [5.41, 5.74) is 0.669. The Bertz CT molecular complexity index is 463. The van der Waals surface area contributed by atoms with Gasteiger partial charge in [-0.2, -0.15) is 5.26 Å². The molecule has 0 unspecified atom stereocenters. The van der Waals surface area contributed by atoms with Gasteiger partial charge in [0.2, 0.25) is 0 Å². The van der Waals surface area contributed by atoms with E-state index in [9.17, 15) is 4.79 Å². The zero-order chi connectivity index (χ0) is 13.4. The van der Waals surface area contributed by atoms with Crippen LogP contribution in [0.3, 0.4) is 0 Å². The van der Waals surface area contributed by atoms with Crippen LogP contribution in [-0.4, -0.2) is 30.8 Å². The van der Waals surface area contributed by atoms with Crippen LogP contribution in [0.5, 0.6) is 0 Å². The first-order valence-corrected chi connectivity index (χ1v) is 5.39. The Kier molecular flexibility index (Phi) is 5.55. The topological polar surface area (TPSA) is 72.2 Å². The van der Waals surface area contributed by atoms with Gasteiger partial charge in [0.1, 0.15) is 17.7 Å². The number of rotatable bonds is 5. The summed E-state index contributed by atoms with van der Waals surface area (Å²) in [6.45, 7) is 1.99. The summed E-state index contributed by atoms with van der Waals surface area (Å²) in [6.07, 6.45) is 4.24. The predicted molar refractivity (Wildman–Crippen MR) is 65.3 cm³/mol. The number of ether oxygens (including phenoxy) is 2. The van der Waals surface area contributed by atoms with E-state index in [-0.39, 0.29) is 5.57 Å². The van der Waals surface area contributed by atoms with Crippen molar-refractivity contribution in [3.8, 4) is 6.07 Å². The third-order valence-corrected chi connectivity index (χ3v) is 2.07. The van der Waals surface area contributed by atoms with Crippen LogP contribution in [0.25, 0.3) is 6.08 Å². The Morgan fingerprint density at radius 3 is 2.78 bits per heavy atom. The van der Waals surface area contributed by atoms with Gasteiger partial charge < -0.3 is 9.47 Å². The van der Waals surface area contributed by atoms with Gasteiger partial charge in [-0.05, 0) is 30.7 Å². The molecular formula is C13H14N2O3. The minimum Gasteiger partial charge on any atom is -0.456 e. The number of nitrogens with zero attached hydrogens (tertiary/aromatic N) is 2. The second kappa shape index (κ2) is 7.20. The molecule has 0 radical (unpaired) electrons. The number of aromatic nitrogens is 1. The van der Waals surface area contributed by atoms with Gasteiger partial charge in [0.25, 0.3) is 0 Å². The van der Waals surface area contributed by atoms with Crippen LogP contribution in [0, 0.1) is 11.3 Å².